The van der Waals surface area contributed by atoms with Gasteiger partial charge in [0.2, 0.25) is 5.91 Å². The third-order valence-corrected chi connectivity index (χ3v) is 6.05. The summed E-state index contributed by atoms with van der Waals surface area (Å²) in [6.45, 7) is 16.5. The molecule has 0 bridgehead atoms. The topological polar surface area (TPSA) is 76.1 Å². The van der Waals surface area contributed by atoms with E-state index in [1.54, 1.807) is 0 Å². The van der Waals surface area contributed by atoms with Gasteiger partial charge in [-0.3, -0.25) is 4.79 Å². The number of guanidine groups is 1. The quantitative estimate of drug-likeness (QED) is 0.506. The number of anilines is 1. The number of carbonyl (C=O) groups excluding carboxylic acids is 1. The number of likely N-dealkylation sites (N-methyl/N-ethyl adjacent to an activating group) is 1. The predicted molar refractivity (Wildman–Crippen MR) is 126 cm³/mol. The Balaban J connectivity index is 1.53. The number of rotatable bonds is 7. The van der Waals surface area contributed by atoms with Crippen molar-refractivity contribution in [3.8, 4) is 0 Å². The van der Waals surface area contributed by atoms with Gasteiger partial charge in [-0.2, -0.15) is 0 Å². The number of nitrogens with one attached hydrogen (secondary N) is 2. The van der Waals surface area contributed by atoms with Gasteiger partial charge in [0, 0.05) is 64.0 Å². The molecule has 2 aliphatic heterocycles. The number of pyridine rings is 1. The van der Waals surface area contributed by atoms with Crippen LogP contribution in [-0.2, 0) is 11.3 Å². The summed E-state index contributed by atoms with van der Waals surface area (Å²) in [5, 5.41) is 6.82. The summed E-state index contributed by atoms with van der Waals surface area (Å²) in [6, 6.07) is 4.47. The molecule has 2 aliphatic rings. The maximum atomic E-state index is 12.2. The molecule has 1 amide bonds. The third-order valence-electron chi connectivity index (χ3n) is 6.05. The van der Waals surface area contributed by atoms with Crippen molar-refractivity contribution in [1.82, 2.24) is 25.4 Å². The molecule has 0 radical (unpaired) electrons. The van der Waals surface area contributed by atoms with E-state index in [9.17, 15) is 4.79 Å². The van der Waals surface area contributed by atoms with Crippen LogP contribution in [-0.4, -0.2) is 85.1 Å². The maximum Gasteiger partial charge on any atom is 0.225 e. The van der Waals surface area contributed by atoms with Gasteiger partial charge in [0.1, 0.15) is 5.82 Å². The first kappa shape index (κ1) is 23.3. The van der Waals surface area contributed by atoms with Crippen LogP contribution >= 0.6 is 0 Å². The van der Waals surface area contributed by atoms with Gasteiger partial charge in [0.05, 0.1) is 6.54 Å². The molecule has 0 aromatic carbocycles. The lowest BCUT2D eigenvalue weighted by Crippen LogP contribution is -2.46. The Hall–Kier alpha value is -2.35. The molecule has 0 aliphatic carbocycles. The highest BCUT2D eigenvalue weighted by Gasteiger charge is 2.28. The fourth-order valence-corrected chi connectivity index (χ4v) is 4.12. The molecule has 1 atom stereocenters. The SMILES string of the molecule is CCNC(=NCc1ccc(N2CCN(CC)CC2)nc1)NC1CCN(C(=O)C(C)C)C1. The van der Waals surface area contributed by atoms with Crippen LogP contribution in [0.25, 0.3) is 0 Å². The summed E-state index contributed by atoms with van der Waals surface area (Å²) < 4.78 is 0. The second-order valence-electron chi connectivity index (χ2n) is 8.71. The van der Waals surface area contributed by atoms with Crippen LogP contribution in [0.3, 0.4) is 0 Å². The smallest absolute Gasteiger partial charge is 0.225 e. The van der Waals surface area contributed by atoms with E-state index in [2.05, 4.69) is 51.4 Å². The minimum Gasteiger partial charge on any atom is -0.357 e. The van der Waals surface area contributed by atoms with Crippen LogP contribution in [0, 0.1) is 5.92 Å². The molecule has 2 saturated heterocycles. The molecule has 3 rings (SSSR count). The predicted octanol–water partition coefficient (Wildman–Crippen LogP) is 1.54. The first-order valence-corrected chi connectivity index (χ1v) is 11.8. The molecule has 31 heavy (non-hydrogen) atoms. The van der Waals surface area contributed by atoms with E-state index in [1.165, 1.54) is 0 Å². The Morgan fingerprint density at radius 1 is 1.19 bits per heavy atom. The number of aromatic nitrogens is 1. The van der Waals surface area contributed by atoms with Crippen LogP contribution in [0.1, 0.15) is 39.7 Å². The number of piperazine rings is 1. The summed E-state index contributed by atoms with van der Waals surface area (Å²) >= 11 is 0. The number of nitrogens with zero attached hydrogens (tertiary/aromatic N) is 5. The van der Waals surface area contributed by atoms with Gasteiger partial charge in [-0.1, -0.05) is 26.8 Å². The van der Waals surface area contributed by atoms with Crippen LogP contribution in [0.4, 0.5) is 5.82 Å². The first-order chi connectivity index (χ1) is 15.0. The standard InChI is InChI=1S/C23H39N7O/c1-5-24-23(27-20-9-10-30(17-20)22(31)18(3)4)26-16-19-7-8-21(25-15-19)29-13-11-28(6-2)12-14-29/h7-8,15,18,20H,5-6,9-14,16-17H2,1-4H3,(H2,24,26,27). The lowest BCUT2D eigenvalue weighted by molar-refractivity contribution is -0.133. The van der Waals surface area contributed by atoms with E-state index in [0.717, 1.165) is 76.1 Å². The van der Waals surface area contributed by atoms with E-state index in [1.807, 2.05) is 24.9 Å². The van der Waals surface area contributed by atoms with Gasteiger partial charge in [-0.15, -0.1) is 0 Å². The highest BCUT2D eigenvalue weighted by Crippen LogP contribution is 2.15. The second kappa shape index (κ2) is 11.3. The van der Waals surface area contributed by atoms with E-state index >= 15 is 0 Å². The molecule has 0 spiro atoms. The molecule has 172 valence electrons. The normalized spacial score (nSPS) is 20.4. The van der Waals surface area contributed by atoms with Crippen molar-refractivity contribution in [2.45, 2.75) is 46.7 Å². The monoisotopic (exact) mass is 429 g/mol. The summed E-state index contributed by atoms with van der Waals surface area (Å²) in [4.78, 5) is 28.4. The minimum absolute atomic E-state index is 0.0478. The minimum atomic E-state index is 0.0478. The molecule has 0 saturated carbocycles. The van der Waals surface area contributed by atoms with E-state index in [4.69, 9.17) is 4.99 Å². The Bertz CT molecular complexity index is 726. The number of amides is 1. The summed E-state index contributed by atoms with van der Waals surface area (Å²) in [5.41, 5.74) is 1.09. The number of carbonyl (C=O) groups is 1. The second-order valence-corrected chi connectivity index (χ2v) is 8.71. The van der Waals surface area contributed by atoms with Crippen molar-refractivity contribution in [3.63, 3.8) is 0 Å². The zero-order valence-electron chi connectivity index (χ0n) is 19.6. The number of hydrogen-bond donors (Lipinski definition) is 2. The first-order valence-electron chi connectivity index (χ1n) is 11.8. The van der Waals surface area contributed by atoms with Crippen molar-refractivity contribution in [2.24, 2.45) is 10.9 Å². The average Bonchev–Trinajstić information content (AvgIpc) is 3.26. The molecular weight excluding hydrogens is 390 g/mol. The number of hydrogen-bond acceptors (Lipinski definition) is 5. The molecule has 3 heterocycles. The van der Waals surface area contributed by atoms with Gasteiger partial charge in [0.25, 0.3) is 0 Å². The Morgan fingerprint density at radius 3 is 2.58 bits per heavy atom. The summed E-state index contributed by atoms with van der Waals surface area (Å²) in [6.07, 6.45) is 2.89. The van der Waals surface area contributed by atoms with Crippen molar-refractivity contribution in [3.05, 3.63) is 23.9 Å². The van der Waals surface area contributed by atoms with Gasteiger partial charge in [-0.05, 0) is 31.5 Å². The van der Waals surface area contributed by atoms with Crippen LogP contribution in [0.5, 0.6) is 0 Å². The van der Waals surface area contributed by atoms with Crippen LogP contribution in [0.15, 0.2) is 23.3 Å². The average molecular weight is 430 g/mol. The van der Waals surface area contributed by atoms with E-state index < -0.39 is 0 Å². The number of likely N-dealkylation sites (tertiary alicyclic amines) is 1. The highest BCUT2D eigenvalue weighted by molar-refractivity contribution is 5.81. The van der Waals surface area contributed by atoms with Crippen molar-refractivity contribution in [1.29, 1.82) is 0 Å². The molecular formula is C23H39N7O. The highest BCUT2D eigenvalue weighted by atomic mass is 16.2. The zero-order valence-corrected chi connectivity index (χ0v) is 19.6. The lowest BCUT2D eigenvalue weighted by atomic mass is 10.2. The van der Waals surface area contributed by atoms with Crippen LogP contribution < -0.4 is 15.5 Å². The van der Waals surface area contributed by atoms with Gasteiger partial charge in [-0.25, -0.2) is 9.98 Å². The molecule has 2 N–H and O–H groups in total. The number of aliphatic imine (C=N–C) groups is 1. The molecule has 2 fully saturated rings. The Kier molecular flexibility index (Phi) is 8.51. The molecule has 1 unspecified atom stereocenters. The Labute approximate surface area is 187 Å². The Morgan fingerprint density at radius 2 is 1.97 bits per heavy atom. The van der Waals surface area contributed by atoms with Crippen molar-refractivity contribution in [2.75, 3.05) is 57.3 Å². The van der Waals surface area contributed by atoms with Gasteiger partial charge < -0.3 is 25.3 Å². The van der Waals surface area contributed by atoms with Crippen LogP contribution in [0.2, 0.25) is 0 Å². The molecule has 8 heteroatoms. The van der Waals surface area contributed by atoms with E-state index in [-0.39, 0.29) is 17.9 Å². The maximum absolute atomic E-state index is 12.2. The fourth-order valence-electron chi connectivity index (χ4n) is 4.12. The van der Waals surface area contributed by atoms with E-state index in [0.29, 0.717) is 6.54 Å². The lowest BCUT2D eigenvalue weighted by Gasteiger charge is -2.34. The van der Waals surface area contributed by atoms with Gasteiger partial charge in [0.15, 0.2) is 5.96 Å². The summed E-state index contributed by atoms with van der Waals surface area (Å²) in [7, 11) is 0. The van der Waals surface area contributed by atoms with Crippen molar-refractivity contribution < 1.29 is 4.79 Å². The third kappa shape index (κ3) is 6.56. The van der Waals surface area contributed by atoms with Gasteiger partial charge >= 0.3 is 0 Å². The zero-order chi connectivity index (χ0) is 22.2. The summed E-state index contributed by atoms with van der Waals surface area (Å²) in [5.74, 6) is 2.13. The molecule has 1 aromatic rings. The largest absolute Gasteiger partial charge is 0.357 e. The fraction of sp³-hybridized carbons (Fsp3) is 0.696. The molecule has 1 aromatic heterocycles. The molecule has 8 nitrogen and oxygen atoms in total. The van der Waals surface area contributed by atoms with Crippen molar-refractivity contribution >= 4 is 17.7 Å².